The minimum Gasteiger partial charge on any atom is -0.387 e. The summed E-state index contributed by atoms with van der Waals surface area (Å²) in [6.07, 6.45) is 8.13. The van der Waals surface area contributed by atoms with Crippen molar-refractivity contribution < 1.29 is 5.11 Å². The van der Waals surface area contributed by atoms with Gasteiger partial charge in [-0.2, -0.15) is 0 Å². The van der Waals surface area contributed by atoms with Crippen LogP contribution in [0.3, 0.4) is 0 Å². The Bertz CT molecular complexity index is 430. The molecule has 4 fully saturated rings. The maximum atomic E-state index is 9.66. The van der Waals surface area contributed by atoms with Crippen molar-refractivity contribution in [3.8, 4) is 0 Å². The number of nitrogens with zero attached hydrogens (tertiary/aromatic N) is 1. The number of thiazole rings is 1. The first-order valence-corrected chi connectivity index (χ1v) is 8.16. The molecule has 0 aromatic carbocycles. The molecule has 4 aliphatic rings. The quantitative estimate of drug-likeness (QED) is 0.883. The van der Waals surface area contributed by atoms with E-state index in [-0.39, 0.29) is 0 Å². The second-order valence-corrected chi connectivity index (χ2v) is 7.81. The van der Waals surface area contributed by atoms with E-state index in [0.29, 0.717) is 5.41 Å². The third-order valence-electron chi connectivity index (χ3n) is 5.44. The van der Waals surface area contributed by atoms with Crippen molar-refractivity contribution in [3.63, 3.8) is 0 Å². The molecule has 0 aliphatic heterocycles. The highest BCUT2D eigenvalue weighted by atomic mass is 32.1. The lowest BCUT2D eigenvalue weighted by atomic mass is 9.50. The fraction of sp³-hybridized carbons (Fsp3) is 0.800. The molecule has 1 aromatic rings. The Kier molecular flexibility index (Phi) is 2.41. The Balaban J connectivity index is 1.70. The van der Waals surface area contributed by atoms with Gasteiger partial charge in [0.1, 0.15) is 0 Å². The molecule has 2 nitrogen and oxygen atoms in total. The molecule has 0 amide bonds. The zero-order valence-corrected chi connectivity index (χ0v) is 11.7. The van der Waals surface area contributed by atoms with Crippen LogP contribution in [0.4, 0.5) is 0 Å². The number of rotatable bonds is 2. The van der Waals surface area contributed by atoms with Gasteiger partial charge in [-0.3, -0.25) is 0 Å². The van der Waals surface area contributed by atoms with Crippen molar-refractivity contribution in [1.29, 1.82) is 0 Å². The van der Waals surface area contributed by atoms with Gasteiger partial charge in [-0.25, -0.2) is 4.98 Å². The molecule has 4 saturated carbocycles. The van der Waals surface area contributed by atoms with E-state index in [1.807, 2.05) is 6.92 Å². The van der Waals surface area contributed by atoms with Gasteiger partial charge in [-0.15, -0.1) is 11.3 Å². The minimum absolute atomic E-state index is 0.395. The fourth-order valence-electron chi connectivity index (χ4n) is 5.09. The second-order valence-electron chi connectivity index (χ2n) is 6.95. The molecular formula is C15H21NOS. The Labute approximate surface area is 112 Å². The summed E-state index contributed by atoms with van der Waals surface area (Å²) in [5.41, 5.74) is 1.28. The lowest BCUT2D eigenvalue weighted by molar-refractivity contribution is -0.00544. The summed E-state index contributed by atoms with van der Waals surface area (Å²) in [5, 5.41) is 13.1. The summed E-state index contributed by atoms with van der Waals surface area (Å²) in [7, 11) is 0. The van der Waals surface area contributed by atoms with Gasteiger partial charge in [0.2, 0.25) is 0 Å². The zero-order valence-electron chi connectivity index (χ0n) is 10.9. The van der Waals surface area contributed by atoms with Gasteiger partial charge in [0.15, 0.2) is 0 Å². The molecule has 1 unspecified atom stereocenters. The van der Waals surface area contributed by atoms with Crippen LogP contribution in [0, 0.1) is 17.8 Å². The standard InChI is InChI=1S/C15H21NOS/c1-9(17)13-8-18-14(16-13)15-5-10-2-11(6-15)4-12(3-10)7-15/h8-12,17H,2-7H2,1H3. The average Bonchev–Trinajstić information content (AvgIpc) is 2.76. The fourth-order valence-corrected chi connectivity index (χ4v) is 6.23. The van der Waals surface area contributed by atoms with E-state index in [1.54, 1.807) is 11.3 Å². The molecule has 98 valence electrons. The molecule has 3 heteroatoms. The number of aromatic nitrogens is 1. The van der Waals surface area contributed by atoms with Crippen LogP contribution >= 0.6 is 11.3 Å². The molecule has 4 bridgehead atoms. The van der Waals surface area contributed by atoms with Crippen molar-refractivity contribution >= 4 is 11.3 Å². The van der Waals surface area contributed by atoms with Crippen LogP contribution in [0.15, 0.2) is 5.38 Å². The lowest BCUT2D eigenvalue weighted by Crippen LogP contribution is -2.48. The molecule has 1 heterocycles. The maximum absolute atomic E-state index is 9.66. The predicted molar refractivity (Wildman–Crippen MR) is 72.6 cm³/mol. The molecule has 18 heavy (non-hydrogen) atoms. The third kappa shape index (κ3) is 1.60. The van der Waals surface area contributed by atoms with Crippen molar-refractivity contribution in [2.75, 3.05) is 0 Å². The number of aliphatic hydroxyl groups excluding tert-OH is 1. The van der Waals surface area contributed by atoms with Gasteiger partial charge in [0, 0.05) is 10.8 Å². The topological polar surface area (TPSA) is 33.1 Å². The first kappa shape index (κ1) is 11.4. The zero-order chi connectivity index (χ0) is 12.3. The molecule has 0 spiro atoms. The van der Waals surface area contributed by atoms with E-state index >= 15 is 0 Å². The number of hydrogen-bond donors (Lipinski definition) is 1. The first-order chi connectivity index (χ1) is 8.64. The van der Waals surface area contributed by atoms with Gasteiger partial charge in [-0.1, -0.05) is 0 Å². The van der Waals surface area contributed by atoms with E-state index < -0.39 is 6.10 Å². The van der Waals surface area contributed by atoms with Gasteiger partial charge in [0.05, 0.1) is 16.8 Å². The highest BCUT2D eigenvalue weighted by Gasteiger charge is 2.52. The molecule has 1 aromatic heterocycles. The molecule has 0 saturated heterocycles. The van der Waals surface area contributed by atoms with Crippen molar-refractivity contribution in [3.05, 3.63) is 16.1 Å². The van der Waals surface area contributed by atoms with Crippen LogP contribution in [0.5, 0.6) is 0 Å². The maximum Gasteiger partial charge on any atom is 0.0991 e. The smallest absolute Gasteiger partial charge is 0.0991 e. The van der Waals surface area contributed by atoms with Gasteiger partial charge in [0.25, 0.3) is 0 Å². The molecular weight excluding hydrogens is 242 g/mol. The third-order valence-corrected chi connectivity index (χ3v) is 6.55. The molecule has 4 aliphatic carbocycles. The lowest BCUT2D eigenvalue weighted by Gasteiger charge is -2.56. The van der Waals surface area contributed by atoms with Crippen LogP contribution in [0.2, 0.25) is 0 Å². The van der Waals surface area contributed by atoms with E-state index in [4.69, 9.17) is 4.98 Å². The van der Waals surface area contributed by atoms with E-state index in [9.17, 15) is 5.11 Å². The largest absolute Gasteiger partial charge is 0.387 e. The van der Waals surface area contributed by atoms with Crippen LogP contribution in [0.1, 0.15) is 62.3 Å². The number of hydrogen-bond acceptors (Lipinski definition) is 3. The summed E-state index contributed by atoms with van der Waals surface area (Å²) in [6, 6.07) is 0. The van der Waals surface area contributed by atoms with Crippen molar-refractivity contribution in [2.45, 2.75) is 57.0 Å². The summed E-state index contributed by atoms with van der Waals surface area (Å²) in [5.74, 6) is 2.90. The Hall–Kier alpha value is -0.410. The van der Waals surface area contributed by atoms with E-state index in [1.165, 1.54) is 43.5 Å². The molecule has 5 rings (SSSR count). The van der Waals surface area contributed by atoms with Gasteiger partial charge < -0.3 is 5.11 Å². The van der Waals surface area contributed by atoms with Crippen LogP contribution in [0.25, 0.3) is 0 Å². The molecule has 1 N–H and O–H groups in total. The number of aliphatic hydroxyl groups is 1. The van der Waals surface area contributed by atoms with Crippen LogP contribution in [-0.2, 0) is 5.41 Å². The van der Waals surface area contributed by atoms with E-state index in [0.717, 1.165) is 23.4 Å². The van der Waals surface area contributed by atoms with Gasteiger partial charge in [-0.05, 0) is 63.2 Å². The van der Waals surface area contributed by atoms with Crippen LogP contribution < -0.4 is 0 Å². The summed E-state index contributed by atoms with van der Waals surface area (Å²) >= 11 is 1.80. The molecule has 1 atom stereocenters. The minimum atomic E-state index is -0.413. The average molecular weight is 263 g/mol. The van der Waals surface area contributed by atoms with Crippen molar-refractivity contribution in [2.24, 2.45) is 17.8 Å². The van der Waals surface area contributed by atoms with Crippen molar-refractivity contribution in [1.82, 2.24) is 4.98 Å². The van der Waals surface area contributed by atoms with Crippen LogP contribution in [-0.4, -0.2) is 10.1 Å². The van der Waals surface area contributed by atoms with Gasteiger partial charge >= 0.3 is 0 Å². The first-order valence-electron chi connectivity index (χ1n) is 7.28. The molecule has 0 radical (unpaired) electrons. The highest BCUT2D eigenvalue weighted by Crippen LogP contribution is 2.61. The normalized spacial score (nSPS) is 43.3. The van der Waals surface area contributed by atoms with E-state index in [2.05, 4.69) is 5.38 Å². The summed E-state index contributed by atoms with van der Waals surface area (Å²) in [6.45, 7) is 1.82. The second kappa shape index (κ2) is 3.80. The Morgan fingerprint density at radius 3 is 2.22 bits per heavy atom. The predicted octanol–water partition coefficient (Wildman–Crippen LogP) is 3.66. The highest BCUT2D eigenvalue weighted by molar-refractivity contribution is 7.09. The summed E-state index contributed by atoms with van der Waals surface area (Å²) in [4.78, 5) is 4.77. The SMILES string of the molecule is CC(O)c1csc(C23CC4CC(CC(C4)C2)C3)n1. The summed E-state index contributed by atoms with van der Waals surface area (Å²) < 4.78 is 0. The Morgan fingerprint density at radius 1 is 1.22 bits per heavy atom. The Morgan fingerprint density at radius 2 is 1.78 bits per heavy atom. The monoisotopic (exact) mass is 263 g/mol.